The number of fused-ring (bicyclic) bond motifs is 1. The number of morpholine rings is 1. The van der Waals surface area contributed by atoms with Crippen molar-refractivity contribution in [1.82, 2.24) is 24.7 Å². The molecule has 0 aliphatic carbocycles. The number of aromatic nitrogens is 4. The van der Waals surface area contributed by atoms with E-state index in [1.54, 1.807) is 13.3 Å². The van der Waals surface area contributed by atoms with Gasteiger partial charge in [-0.3, -0.25) is 9.88 Å². The summed E-state index contributed by atoms with van der Waals surface area (Å²) in [6.07, 6.45) is 5.51. The van der Waals surface area contributed by atoms with E-state index in [0.717, 1.165) is 47.7 Å². The molecular formula is C23H23N5O2. The lowest BCUT2D eigenvalue weighted by Gasteiger charge is -2.32. The minimum atomic E-state index is -0.0984. The number of hydrogen-bond acceptors (Lipinski definition) is 6. The first-order valence-corrected chi connectivity index (χ1v) is 10.0. The maximum absolute atomic E-state index is 6.06. The molecule has 0 saturated carbocycles. The topological polar surface area (TPSA) is 64.8 Å². The highest BCUT2D eigenvalue weighted by Crippen LogP contribution is 2.27. The molecule has 1 saturated heterocycles. The molecule has 4 aromatic rings. The first kappa shape index (κ1) is 18.7. The van der Waals surface area contributed by atoms with Crippen molar-refractivity contribution >= 4 is 5.52 Å². The van der Waals surface area contributed by atoms with Gasteiger partial charge in [0.1, 0.15) is 17.5 Å². The van der Waals surface area contributed by atoms with E-state index in [2.05, 4.69) is 44.5 Å². The highest BCUT2D eigenvalue weighted by molar-refractivity contribution is 5.65. The van der Waals surface area contributed by atoms with Crippen molar-refractivity contribution in [3.05, 3.63) is 78.4 Å². The predicted molar refractivity (Wildman–Crippen MR) is 113 cm³/mol. The quantitative estimate of drug-likeness (QED) is 0.511. The van der Waals surface area contributed by atoms with E-state index in [1.165, 1.54) is 5.56 Å². The van der Waals surface area contributed by atoms with Gasteiger partial charge in [0.15, 0.2) is 0 Å². The predicted octanol–water partition coefficient (Wildman–Crippen LogP) is 3.37. The Morgan fingerprint density at radius 3 is 2.80 bits per heavy atom. The zero-order valence-electron chi connectivity index (χ0n) is 16.8. The average molecular weight is 401 g/mol. The molecule has 0 bridgehead atoms. The summed E-state index contributed by atoms with van der Waals surface area (Å²) in [6, 6.07) is 16.3. The zero-order chi connectivity index (χ0) is 20.3. The molecule has 1 aromatic carbocycles. The summed E-state index contributed by atoms with van der Waals surface area (Å²) in [6.45, 7) is 3.22. The number of methoxy groups -OCH3 is 1. The van der Waals surface area contributed by atoms with E-state index in [4.69, 9.17) is 9.47 Å². The van der Waals surface area contributed by atoms with Crippen molar-refractivity contribution in [1.29, 1.82) is 0 Å². The van der Waals surface area contributed by atoms with Crippen LogP contribution in [0.5, 0.6) is 5.75 Å². The molecule has 5 rings (SSSR count). The summed E-state index contributed by atoms with van der Waals surface area (Å²) in [4.78, 5) is 6.59. The summed E-state index contributed by atoms with van der Waals surface area (Å²) in [5, 5.41) is 8.79. The van der Waals surface area contributed by atoms with Gasteiger partial charge in [-0.15, -0.1) is 5.10 Å². The number of hydrogen-bond donors (Lipinski definition) is 0. The van der Waals surface area contributed by atoms with Crippen LogP contribution >= 0.6 is 0 Å². The third-order valence-electron chi connectivity index (χ3n) is 5.46. The minimum Gasteiger partial charge on any atom is -0.497 e. The molecule has 1 aliphatic rings. The highest BCUT2D eigenvalue weighted by atomic mass is 16.5. The van der Waals surface area contributed by atoms with Gasteiger partial charge in [-0.1, -0.05) is 29.5 Å². The number of rotatable bonds is 5. The first-order valence-electron chi connectivity index (χ1n) is 10.0. The van der Waals surface area contributed by atoms with Crippen molar-refractivity contribution in [2.24, 2.45) is 0 Å². The fourth-order valence-electron chi connectivity index (χ4n) is 3.85. The number of pyridine rings is 2. The van der Waals surface area contributed by atoms with Crippen LogP contribution in [0.25, 0.3) is 16.6 Å². The SMILES string of the molecule is COc1ccc(CN2CCO[C@H](c3nnn4cc(-c5cccnc5)ccc34)C2)cc1. The molecule has 3 aromatic heterocycles. The minimum absolute atomic E-state index is 0.0984. The van der Waals surface area contributed by atoms with Gasteiger partial charge in [-0.25, -0.2) is 4.52 Å². The van der Waals surface area contributed by atoms with Crippen molar-refractivity contribution in [3.63, 3.8) is 0 Å². The zero-order valence-corrected chi connectivity index (χ0v) is 16.8. The lowest BCUT2D eigenvalue weighted by Crippen LogP contribution is -2.38. The molecule has 1 aliphatic heterocycles. The Kier molecular flexibility index (Phi) is 5.13. The van der Waals surface area contributed by atoms with Gasteiger partial charge in [0.05, 0.1) is 19.2 Å². The van der Waals surface area contributed by atoms with Gasteiger partial charge in [-0.2, -0.15) is 0 Å². The fourth-order valence-corrected chi connectivity index (χ4v) is 3.85. The number of nitrogens with zero attached hydrogens (tertiary/aromatic N) is 5. The van der Waals surface area contributed by atoms with E-state index in [9.17, 15) is 0 Å². The van der Waals surface area contributed by atoms with Crippen LogP contribution in [0.3, 0.4) is 0 Å². The Hall–Kier alpha value is -3.29. The van der Waals surface area contributed by atoms with Crippen molar-refractivity contribution < 1.29 is 9.47 Å². The lowest BCUT2D eigenvalue weighted by molar-refractivity contribution is -0.0343. The van der Waals surface area contributed by atoms with E-state index < -0.39 is 0 Å². The van der Waals surface area contributed by atoms with Gasteiger partial charge < -0.3 is 9.47 Å². The first-order chi connectivity index (χ1) is 14.8. The Balaban J connectivity index is 1.34. The van der Waals surface area contributed by atoms with E-state index >= 15 is 0 Å². The van der Waals surface area contributed by atoms with Crippen LogP contribution in [0, 0.1) is 0 Å². The number of ether oxygens (including phenoxy) is 2. The molecule has 7 nitrogen and oxygen atoms in total. The van der Waals surface area contributed by atoms with Crippen LogP contribution in [0.4, 0.5) is 0 Å². The maximum atomic E-state index is 6.06. The van der Waals surface area contributed by atoms with Gasteiger partial charge in [0.25, 0.3) is 0 Å². The van der Waals surface area contributed by atoms with E-state index in [1.807, 2.05) is 41.2 Å². The molecule has 1 atom stereocenters. The van der Waals surface area contributed by atoms with Crippen LogP contribution in [0.15, 0.2) is 67.1 Å². The molecule has 4 heterocycles. The molecule has 0 radical (unpaired) electrons. The van der Waals surface area contributed by atoms with Crippen molar-refractivity contribution in [3.8, 4) is 16.9 Å². The monoisotopic (exact) mass is 401 g/mol. The highest BCUT2D eigenvalue weighted by Gasteiger charge is 2.26. The Morgan fingerprint density at radius 2 is 2.00 bits per heavy atom. The third-order valence-corrected chi connectivity index (χ3v) is 5.46. The maximum Gasteiger partial charge on any atom is 0.121 e. The van der Waals surface area contributed by atoms with Gasteiger partial charge in [0.2, 0.25) is 0 Å². The fraction of sp³-hybridized carbons (Fsp3) is 0.261. The molecule has 30 heavy (non-hydrogen) atoms. The van der Waals surface area contributed by atoms with E-state index in [-0.39, 0.29) is 6.10 Å². The molecule has 1 fully saturated rings. The molecule has 0 amide bonds. The standard InChI is InChI=1S/C23H23N5O2/c1-29-20-7-4-17(5-8-20)14-27-11-12-30-22(16-27)23-21-9-6-19(15-28(21)26-25-23)18-3-2-10-24-13-18/h2-10,13,15,22H,11-12,14,16H2,1H3/t22-/m0/s1. The summed E-state index contributed by atoms with van der Waals surface area (Å²) < 4.78 is 13.1. The van der Waals surface area contributed by atoms with Gasteiger partial charge in [0, 0.05) is 49.4 Å². The second-order valence-electron chi connectivity index (χ2n) is 7.41. The average Bonchev–Trinajstić information content (AvgIpc) is 3.24. The summed E-state index contributed by atoms with van der Waals surface area (Å²) >= 11 is 0. The summed E-state index contributed by atoms with van der Waals surface area (Å²) in [5.41, 5.74) is 5.21. The largest absolute Gasteiger partial charge is 0.497 e. The van der Waals surface area contributed by atoms with Crippen LogP contribution in [0.2, 0.25) is 0 Å². The second-order valence-corrected chi connectivity index (χ2v) is 7.41. The lowest BCUT2D eigenvalue weighted by atomic mass is 10.1. The second kappa shape index (κ2) is 8.22. The molecule has 7 heteroatoms. The number of benzene rings is 1. The summed E-state index contributed by atoms with van der Waals surface area (Å²) in [5.74, 6) is 0.875. The molecule has 0 N–H and O–H groups in total. The van der Waals surface area contributed by atoms with Crippen LogP contribution in [0.1, 0.15) is 17.4 Å². The van der Waals surface area contributed by atoms with Crippen LogP contribution in [-0.2, 0) is 11.3 Å². The third kappa shape index (κ3) is 3.77. The summed E-state index contributed by atoms with van der Waals surface area (Å²) in [7, 11) is 1.69. The normalized spacial score (nSPS) is 17.3. The Morgan fingerprint density at radius 1 is 1.10 bits per heavy atom. The van der Waals surface area contributed by atoms with Crippen molar-refractivity contribution in [2.45, 2.75) is 12.6 Å². The molecule has 0 unspecified atom stereocenters. The Bertz CT molecular complexity index is 1130. The van der Waals surface area contributed by atoms with Crippen LogP contribution in [-0.4, -0.2) is 51.5 Å². The molecular weight excluding hydrogens is 378 g/mol. The van der Waals surface area contributed by atoms with Gasteiger partial charge >= 0.3 is 0 Å². The van der Waals surface area contributed by atoms with Crippen molar-refractivity contribution in [2.75, 3.05) is 26.8 Å². The smallest absolute Gasteiger partial charge is 0.121 e. The van der Waals surface area contributed by atoms with Gasteiger partial charge in [-0.05, 0) is 29.8 Å². The van der Waals surface area contributed by atoms with Crippen LogP contribution < -0.4 is 4.74 Å². The molecule has 152 valence electrons. The molecule has 0 spiro atoms. The van der Waals surface area contributed by atoms with E-state index in [0.29, 0.717) is 6.61 Å². The Labute approximate surface area is 174 Å².